The minimum atomic E-state index is 0.139. The number of ether oxygens (including phenoxy) is 2. The van der Waals surface area contributed by atoms with E-state index in [0.717, 1.165) is 31.7 Å². The maximum Gasteiger partial charge on any atom is 0.219 e. The molecule has 1 aromatic heterocycles. The van der Waals surface area contributed by atoms with Gasteiger partial charge >= 0.3 is 0 Å². The second kappa shape index (κ2) is 6.62. The largest absolute Gasteiger partial charge is 0.481 e. The van der Waals surface area contributed by atoms with Crippen molar-refractivity contribution in [1.82, 2.24) is 14.8 Å². The van der Waals surface area contributed by atoms with Crippen molar-refractivity contribution in [2.24, 2.45) is 0 Å². The molecule has 0 unspecified atom stereocenters. The summed E-state index contributed by atoms with van der Waals surface area (Å²) >= 11 is 0. The molecule has 22 heavy (non-hydrogen) atoms. The van der Waals surface area contributed by atoms with Gasteiger partial charge in [0.1, 0.15) is 0 Å². The number of likely N-dealkylation sites (tertiary alicyclic amines) is 1. The van der Waals surface area contributed by atoms with Crippen LogP contribution in [0.25, 0.3) is 0 Å². The highest BCUT2D eigenvalue weighted by atomic mass is 16.5. The minimum Gasteiger partial charge on any atom is -0.481 e. The lowest BCUT2D eigenvalue weighted by Gasteiger charge is -2.46. The number of fused-ring (bicyclic) bond motifs is 1. The van der Waals surface area contributed by atoms with Crippen LogP contribution in [0.15, 0.2) is 18.2 Å². The highest BCUT2D eigenvalue weighted by Crippen LogP contribution is 2.24. The molecule has 0 radical (unpaired) electrons. The molecule has 2 saturated heterocycles. The van der Waals surface area contributed by atoms with E-state index in [0.29, 0.717) is 19.0 Å². The van der Waals surface area contributed by atoms with Crippen LogP contribution < -0.4 is 4.74 Å². The molecule has 2 aliphatic heterocycles. The number of hydrogen-bond acceptors (Lipinski definition) is 5. The van der Waals surface area contributed by atoms with E-state index >= 15 is 0 Å². The van der Waals surface area contributed by atoms with Crippen LogP contribution in [0.5, 0.6) is 5.88 Å². The molecule has 6 nitrogen and oxygen atoms in total. The average Bonchev–Trinajstić information content (AvgIpc) is 2.54. The van der Waals surface area contributed by atoms with Crippen LogP contribution in [-0.2, 0) is 16.1 Å². The lowest BCUT2D eigenvalue weighted by Crippen LogP contribution is -2.60. The lowest BCUT2D eigenvalue weighted by atomic mass is 9.98. The summed E-state index contributed by atoms with van der Waals surface area (Å²) in [5.74, 6) is 0.776. The molecule has 2 fully saturated rings. The predicted molar refractivity (Wildman–Crippen MR) is 81.6 cm³/mol. The lowest BCUT2D eigenvalue weighted by molar-refractivity contribution is -0.150. The molecule has 3 rings (SSSR count). The van der Waals surface area contributed by atoms with E-state index in [1.54, 1.807) is 14.0 Å². The third-order valence-corrected chi connectivity index (χ3v) is 4.45. The second-order valence-electron chi connectivity index (χ2n) is 5.88. The number of carbonyl (C=O) groups excluding carboxylic acids is 1. The number of pyridine rings is 1. The van der Waals surface area contributed by atoms with Crippen LogP contribution in [0.1, 0.15) is 19.0 Å². The van der Waals surface area contributed by atoms with Crippen LogP contribution in [0.3, 0.4) is 0 Å². The fourth-order valence-corrected chi connectivity index (χ4v) is 3.36. The van der Waals surface area contributed by atoms with Gasteiger partial charge in [-0.3, -0.25) is 9.69 Å². The van der Waals surface area contributed by atoms with Crippen molar-refractivity contribution in [1.29, 1.82) is 0 Å². The first-order valence-electron chi connectivity index (χ1n) is 7.78. The quantitative estimate of drug-likeness (QED) is 0.831. The zero-order valence-electron chi connectivity index (χ0n) is 13.2. The molecule has 2 aliphatic rings. The maximum absolute atomic E-state index is 11.8. The number of aromatic nitrogens is 1. The van der Waals surface area contributed by atoms with Crippen molar-refractivity contribution in [3.05, 3.63) is 23.9 Å². The summed E-state index contributed by atoms with van der Waals surface area (Å²) < 4.78 is 11.0. The van der Waals surface area contributed by atoms with Crippen LogP contribution in [0.2, 0.25) is 0 Å². The van der Waals surface area contributed by atoms with Gasteiger partial charge in [-0.05, 0) is 12.5 Å². The number of carbonyl (C=O) groups is 1. The topological polar surface area (TPSA) is 54.9 Å². The summed E-state index contributed by atoms with van der Waals surface area (Å²) in [6.45, 7) is 5.56. The Morgan fingerprint density at radius 3 is 3.09 bits per heavy atom. The van der Waals surface area contributed by atoms with E-state index in [1.807, 2.05) is 23.1 Å². The Balaban J connectivity index is 1.67. The summed E-state index contributed by atoms with van der Waals surface area (Å²) in [6.07, 6.45) is 1.13. The van der Waals surface area contributed by atoms with Gasteiger partial charge < -0.3 is 14.4 Å². The van der Waals surface area contributed by atoms with Gasteiger partial charge in [0.25, 0.3) is 0 Å². The third-order valence-electron chi connectivity index (χ3n) is 4.45. The number of morpholine rings is 1. The normalized spacial score (nSPS) is 25.6. The van der Waals surface area contributed by atoms with Gasteiger partial charge in [-0.15, -0.1) is 0 Å². The SMILES string of the molecule is COc1cccc(CN2CC[C@H]3OCCN(C(C)=O)[C@@H]3C2)n1. The molecule has 2 atom stereocenters. The number of hydrogen-bond donors (Lipinski definition) is 0. The molecule has 0 aliphatic carbocycles. The number of rotatable bonds is 3. The summed E-state index contributed by atoms with van der Waals surface area (Å²) in [5.41, 5.74) is 0.990. The molecule has 120 valence electrons. The van der Waals surface area contributed by atoms with Gasteiger partial charge in [-0.1, -0.05) is 6.07 Å². The number of amides is 1. The van der Waals surface area contributed by atoms with Gasteiger partial charge in [0.05, 0.1) is 31.6 Å². The Hall–Kier alpha value is -1.66. The van der Waals surface area contributed by atoms with Crippen molar-refractivity contribution in [3.63, 3.8) is 0 Å². The van der Waals surface area contributed by atoms with Gasteiger partial charge in [0, 0.05) is 39.2 Å². The van der Waals surface area contributed by atoms with Gasteiger partial charge in [-0.2, -0.15) is 0 Å². The first kappa shape index (κ1) is 15.2. The van der Waals surface area contributed by atoms with Gasteiger partial charge in [-0.25, -0.2) is 4.98 Å². The van der Waals surface area contributed by atoms with Crippen LogP contribution in [0.4, 0.5) is 0 Å². The molecule has 0 N–H and O–H groups in total. The number of nitrogens with zero attached hydrogens (tertiary/aromatic N) is 3. The fraction of sp³-hybridized carbons (Fsp3) is 0.625. The highest BCUT2D eigenvalue weighted by Gasteiger charge is 2.38. The minimum absolute atomic E-state index is 0.139. The smallest absolute Gasteiger partial charge is 0.219 e. The van der Waals surface area contributed by atoms with E-state index in [2.05, 4.69) is 9.88 Å². The fourth-order valence-electron chi connectivity index (χ4n) is 3.36. The molecular formula is C16H23N3O3. The average molecular weight is 305 g/mol. The molecule has 6 heteroatoms. The molecule has 1 amide bonds. The zero-order valence-corrected chi connectivity index (χ0v) is 13.2. The third kappa shape index (κ3) is 3.23. The summed E-state index contributed by atoms with van der Waals surface area (Å²) in [6, 6.07) is 5.97. The molecule has 0 aromatic carbocycles. The van der Waals surface area contributed by atoms with Crippen LogP contribution in [-0.4, -0.2) is 66.2 Å². The summed E-state index contributed by atoms with van der Waals surface area (Å²) in [7, 11) is 1.63. The van der Waals surface area contributed by atoms with Gasteiger partial charge in [0.2, 0.25) is 11.8 Å². The van der Waals surface area contributed by atoms with E-state index in [9.17, 15) is 4.79 Å². The molecule has 0 bridgehead atoms. The molecule has 0 spiro atoms. The van der Waals surface area contributed by atoms with Crippen LogP contribution >= 0.6 is 0 Å². The Morgan fingerprint density at radius 2 is 2.32 bits per heavy atom. The Labute approximate surface area is 131 Å². The van der Waals surface area contributed by atoms with Crippen LogP contribution in [0, 0.1) is 0 Å². The molecule has 3 heterocycles. The van der Waals surface area contributed by atoms with Crippen molar-refractivity contribution < 1.29 is 14.3 Å². The Morgan fingerprint density at radius 1 is 1.45 bits per heavy atom. The van der Waals surface area contributed by atoms with E-state index in [-0.39, 0.29) is 18.1 Å². The monoisotopic (exact) mass is 305 g/mol. The van der Waals surface area contributed by atoms with Crippen molar-refractivity contribution >= 4 is 5.91 Å². The predicted octanol–water partition coefficient (Wildman–Crippen LogP) is 0.912. The van der Waals surface area contributed by atoms with Crippen molar-refractivity contribution in [2.45, 2.75) is 32.0 Å². The first-order valence-corrected chi connectivity index (χ1v) is 7.78. The number of methoxy groups -OCH3 is 1. The van der Waals surface area contributed by atoms with Crippen molar-refractivity contribution in [2.75, 3.05) is 33.4 Å². The standard InChI is InChI=1S/C16H23N3O3/c1-12(20)19-8-9-22-15-6-7-18(11-14(15)19)10-13-4-3-5-16(17-13)21-2/h3-5,14-15H,6-11H2,1-2H3/t14-,15-/m1/s1. The summed E-state index contributed by atoms with van der Waals surface area (Å²) in [4.78, 5) is 20.6. The molecule has 0 saturated carbocycles. The highest BCUT2D eigenvalue weighted by molar-refractivity contribution is 5.73. The first-order chi connectivity index (χ1) is 10.7. The Bertz CT molecular complexity index is 537. The molecule has 1 aromatic rings. The summed E-state index contributed by atoms with van der Waals surface area (Å²) in [5, 5.41) is 0. The Kier molecular flexibility index (Phi) is 4.59. The van der Waals surface area contributed by atoms with E-state index < -0.39 is 0 Å². The maximum atomic E-state index is 11.8. The zero-order chi connectivity index (χ0) is 15.5. The van der Waals surface area contributed by atoms with E-state index in [1.165, 1.54) is 0 Å². The number of piperidine rings is 1. The molecular weight excluding hydrogens is 282 g/mol. The van der Waals surface area contributed by atoms with Gasteiger partial charge in [0.15, 0.2) is 0 Å². The van der Waals surface area contributed by atoms with Crippen molar-refractivity contribution in [3.8, 4) is 5.88 Å². The van der Waals surface area contributed by atoms with E-state index in [4.69, 9.17) is 9.47 Å². The second-order valence-corrected chi connectivity index (χ2v) is 5.88.